The summed E-state index contributed by atoms with van der Waals surface area (Å²) < 4.78 is 3.67. The van der Waals surface area contributed by atoms with Gasteiger partial charge in [-0.25, -0.2) is 19.9 Å². The molecule has 2 N–H and O–H groups in total. The minimum absolute atomic E-state index is 0.694. The monoisotopic (exact) mass is 282 g/mol. The molecule has 0 radical (unpaired) electrons. The molecule has 0 unspecified atom stereocenters. The van der Waals surface area contributed by atoms with Crippen molar-refractivity contribution in [1.82, 2.24) is 29.1 Å². The number of nitrogens with zero attached hydrogens (tertiary/aromatic N) is 6. The van der Waals surface area contributed by atoms with E-state index in [4.69, 9.17) is 0 Å². The number of aromatic amines is 1. The van der Waals surface area contributed by atoms with Gasteiger partial charge in [-0.05, 0) is 6.92 Å². The third kappa shape index (κ3) is 2.89. The Hall–Kier alpha value is -3.16. The molecule has 0 aromatic carbocycles. The van der Waals surface area contributed by atoms with Gasteiger partial charge in [-0.1, -0.05) is 6.08 Å². The molecule has 3 aromatic rings. The van der Waals surface area contributed by atoms with Crippen LogP contribution >= 0.6 is 0 Å². The summed E-state index contributed by atoms with van der Waals surface area (Å²) in [6.07, 6.45) is 15.6. The molecule has 8 nitrogen and oxygen atoms in total. The number of hydrogen-bond acceptors (Lipinski definition) is 4. The zero-order valence-electron chi connectivity index (χ0n) is 11.4. The number of imidazole rings is 3. The van der Waals surface area contributed by atoms with E-state index in [0.29, 0.717) is 5.82 Å². The molecule has 3 rings (SSSR count). The second kappa shape index (κ2) is 5.87. The van der Waals surface area contributed by atoms with Gasteiger partial charge in [0.05, 0.1) is 31.3 Å². The lowest BCUT2D eigenvalue weighted by molar-refractivity contribution is 1.00. The van der Waals surface area contributed by atoms with Crippen LogP contribution in [0.15, 0.2) is 54.8 Å². The maximum absolute atomic E-state index is 4.33. The average Bonchev–Trinajstić information content (AvgIpc) is 3.23. The third-order valence-corrected chi connectivity index (χ3v) is 2.70. The Morgan fingerprint density at radius 2 is 2.14 bits per heavy atom. The lowest BCUT2D eigenvalue weighted by Crippen LogP contribution is -1.94. The smallest absolute Gasteiger partial charge is 0.156 e. The molecule has 21 heavy (non-hydrogen) atoms. The van der Waals surface area contributed by atoms with Crippen molar-refractivity contribution in [2.75, 3.05) is 5.32 Å². The highest BCUT2D eigenvalue weighted by molar-refractivity contribution is 5.73. The van der Waals surface area contributed by atoms with Crippen LogP contribution < -0.4 is 5.32 Å². The van der Waals surface area contributed by atoms with Gasteiger partial charge in [-0.3, -0.25) is 9.13 Å². The molecule has 0 saturated carbocycles. The molecule has 8 heteroatoms. The van der Waals surface area contributed by atoms with E-state index in [1.807, 2.05) is 34.5 Å². The molecule has 0 atom stereocenters. The lowest BCUT2D eigenvalue weighted by Gasteiger charge is -1.96. The first-order valence-electron chi connectivity index (χ1n) is 6.33. The van der Waals surface area contributed by atoms with Gasteiger partial charge in [-0.2, -0.15) is 0 Å². The first kappa shape index (κ1) is 12.9. The van der Waals surface area contributed by atoms with Crippen molar-refractivity contribution in [3.8, 4) is 11.6 Å². The zero-order chi connectivity index (χ0) is 14.5. The van der Waals surface area contributed by atoms with Gasteiger partial charge in [0, 0.05) is 6.20 Å². The number of allylic oxidation sites excluding steroid dienone is 1. The summed E-state index contributed by atoms with van der Waals surface area (Å²) in [6.45, 7) is 1.90. The summed E-state index contributed by atoms with van der Waals surface area (Å²) in [7, 11) is 0. The predicted octanol–water partition coefficient (Wildman–Crippen LogP) is 1.75. The highest BCUT2D eigenvalue weighted by Gasteiger charge is 2.05. The molecule has 3 aromatic heterocycles. The number of aromatic nitrogens is 6. The molecular formula is C13H14N8. The molecule has 3 heterocycles. The molecule has 0 saturated heterocycles. The Balaban J connectivity index is 1.74. The van der Waals surface area contributed by atoms with Gasteiger partial charge in [0.25, 0.3) is 0 Å². The first-order valence-corrected chi connectivity index (χ1v) is 6.33. The zero-order valence-corrected chi connectivity index (χ0v) is 11.4. The van der Waals surface area contributed by atoms with Gasteiger partial charge in [0.1, 0.15) is 24.3 Å². The number of H-pyrrole nitrogens is 1. The van der Waals surface area contributed by atoms with Crippen molar-refractivity contribution >= 4 is 12.2 Å². The fourth-order valence-electron chi connectivity index (χ4n) is 1.72. The molecule has 0 fully saturated rings. The van der Waals surface area contributed by atoms with E-state index in [9.17, 15) is 0 Å². The molecule has 0 spiro atoms. The summed E-state index contributed by atoms with van der Waals surface area (Å²) in [4.78, 5) is 19.6. The topological polar surface area (TPSA) is 88.7 Å². The van der Waals surface area contributed by atoms with Crippen LogP contribution in [0.1, 0.15) is 6.92 Å². The second-order valence-corrected chi connectivity index (χ2v) is 4.15. The minimum Gasteiger partial charge on any atom is -0.331 e. The van der Waals surface area contributed by atoms with Crippen molar-refractivity contribution in [2.24, 2.45) is 4.99 Å². The van der Waals surface area contributed by atoms with Crippen LogP contribution in [0.5, 0.6) is 0 Å². The number of hydrogen-bond donors (Lipinski definition) is 2. The normalized spacial score (nSPS) is 11.7. The van der Waals surface area contributed by atoms with Gasteiger partial charge >= 0.3 is 0 Å². The number of aliphatic imine (C=N–C) groups is 1. The van der Waals surface area contributed by atoms with Crippen LogP contribution in [0.25, 0.3) is 11.6 Å². The molecule has 0 aliphatic carbocycles. The standard InChI is InChI=1S/C13H14N8/c1-2-3-14-7-16-11-5-20(9-18-11)13-6-21(10-19-13)12-4-15-8-17-12/h2-10H,1H3,(H,14,16)(H,15,17)/b3-2-. The molecule has 106 valence electrons. The molecule has 0 aliphatic rings. The van der Waals surface area contributed by atoms with E-state index in [1.165, 1.54) is 0 Å². The SMILES string of the molecule is C/C=C\N=CNc1cn(-c2cn(-c3cnc[nH]3)cn2)cn1. The highest BCUT2D eigenvalue weighted by Crippen LogP contribution is 2.11. The van der Waals surface area contributed by atoms with Gasteiger partial charge < -0.3 is 10.3 Å². The number of nitrogens with one attached hydrogen (secondary N) is 2. The van der Waals surface area contributed by atoms with Gasteiger partial charge in [0.15, 0.2) is 5.82 Å². The summed E-state index contributed by atoms with van der Waals surface area (Å²) in [5.74, 6) is 2.31. The molecular weight excluding hydrogens is 268 g/mol. The fourth-order valence-corrected chi connectivity index (χ4v) is 1.72. The Kier molecular flexibility index (Phi) is 3.59. The summed E-state index contributed by atoms with van der Waals surface area (Å²) >= 11 is 0. The average molecular weight is 282 g/mol. The fraction of sp³-hybridized carbons (Fsp3) is 0.0769. The van der Waals surface area contributed by atoms with Crippen LogP contribution in [0.3, 0.4) is 0 Å². The largest absolute Gasteiger partial charge is 0.331 e. The Morgan fingerprint density at radius 3 is 2.95 bits per heavy atom. The molecule has 0 bridgehead atoms. The van der Waals surface area contributed by atoms with Crippen molar-refractivity contribution in [3.05, 3.63) is 49.8 Å². The van der Waals surface area contributed by atoms with Gasteiger partial charge in [-0.15, -0.1) is 0 Å². The quantitative estimate of drug-likeness (QED) is 0.551. The summed E-state index contributed by atoms with van der Waals surface area (Å²) in [5, 5.41) is 2.98. The van der Waals surface area contributed by atoms with E-state index in [0.717, 1.165) is 11.6 Å². The maximum Gasteiger partial charge on any atom is 0.156 e. The summed E-state index contributed by atoms with van der Waals surface area (Å²) in [6, 6.07) is 0. The Bertz CT molecular complexity index is 747. The van der Waals surface area contributed by atoms with Crippen molar-refractivity contribution in [3.63, 3.8) is 0 Å². The van der Waals surface area contributed by atoms with E-state index in [-0.39, 0.29) is 0 Å². The Morgan fingerprint density at radius 1 is 1.24 bits per heavy atom. The van der Waals surface area contributed by atoms with Crippen LogP contribution in [-0.4, -0.2) is 35.4 Å². The number of anilines is 1. The maximum atomic E-state index is 4.33. The lowest BCUT2D eigenvalue weighted by atomic mass is 10.6. The van der Waals surface area contributed by atoms with Crippen molar-refractivity contribution < 1.29 is 0 Å². The third-order valence-electron chi connectivity index (χ3n) is 2.70. The molecule has 0 aliphatic heterocycles. The van der Waals surface area contributed by atoms with Crippen LogP contribution in [0, 0.1) is 0 Å². The highest BCUT2D eigenvalue weighted by atomic mass is 15.2. The molecule has 0 amide bonds. The van der Waals surface area contributed by atoms with E-state index in [2.05, 4.69) is 30.2 Å². The Labute approximate surface area is 120 Å². The van der Waals surface area contributed by atoms with E-state index < -0.39 is 0 Å². The van der Waals surface area contributed by atoms with E-state index in [1.54, 1.807) is 37.7 Å². The summed E-state index contributed by atoms with van der Waals surface area (Å²) in [5.41, 5.74) is 0. The van der Waals surface area contributed by atoms with Crippen LogP contribution in [0.2, 0.25) is 0 Å². The van der Waals surface area contributed by atoms with Crippen molar-refractivity contribution in [1.29, 1.82) is 0 Å². The second-order valence-electron chi connectivity index (χ2n) is 4.15. The van der Waals surface area contributed by atoms with Crippen LogP contribution in [0.4, 0.5) is 5.82 Å². The van der Waals surface area contributed by atoms with Crippen molar-refractivity contribution in [2.45, 2.75) is 6.92 Å². The number of rotatable bonds is 5. The minimum atomic E-state index is 0.694. The van der Waals surface area contributed by atoms with E-state index >= 15 is 0 Å². The van der Waals surface area contributed by atoms with Gasteiger partial charge in [0.2, 0.25) is 0 Å². The van der Waals surface area contributed by atoms with Crippen LogP contribution in [-0.2, 0) is 0 Å². The first-order chi connectivity index (χ1) is 10.4. The predicted molar refractivity (Wildman–Crippen MR) is 79.8 cm³/mol.